The number of anilines is 1. The molecule has 0 unspecified atom stereocenters. The molecule has 0 saturated heterocycles. The maximum Gasteiger partial charge on any atom is 0.297 e. The molecule has 2 aromatic heterocycles. The van der Waals surface area contributed by atoms with Crippen LogP contribution in [0.2, 0.25) is 0 Å². The number of carbonyl (C=O) groups is 1. The number of thioether (sulfide) groups is 2. The van der Waals surface area contributed by atoms with Crippen molar-refractivity contribution < 1.29 is 9.21 Å². The zero-order valence-corrected chi connectivity index (χ0v) is 17.6. The molecule has 8 heteroatoms. The largest absolute Gasteiger partial charge is 0.448 e. The summed E-state index contributed by atoms with van der Waals surface area (Å²) in [4.78, 5) is 31.0. The van der Waals surface area contributed by atoms with Gasteiger partial charge in [-0.3, -0.25) is 14.2 Å². The number of furan rings is 1. The van der Waals surface area contributed by atoms with E-state index in [0.29, 0.717) is 22.8 Å². The van der Waals surface area contributed by atoms with Crippen LogP contribution in [0.3, 0.4) is 0 Å². The molecule has 0 fully saturated rings. The highest BCUT2D eigenvalue weighted by molar-refractivity contribution is 7.99. The van der Waals surface area contributed by atoms with E-state index in [2.05, 4.69) is 10.3 Å². The average Bonchev–Trinajstić information content (AvgIpc) is 3.11. The Morgan fingerprint density at radius 1 is 1.21 bits per heavy atom. The lowest BCUT2D eigenvalue weighted by Crippen LogP contribution is -2.23. The molecule has 0 radical (unpaired) electrons. The maximum absolute atomic E-state index is 12.9. The zero-order valence-electron chi connectivity index (χ0n) is 16.0. The van der Waals surface area contributed by atoms with Crippen LogP contribution in [0.5, 0.6) is 0 Å². The summed E-state index contributed by atoms with van der Waals surface area (Å²) in [6.45, 7) is 2.31. The van der Waals surface area contributed by atoms with Gasteiger partial charge < -0.3 is 9.73 Å². The lowest BCUT2D eigenvalue weighted by molar-refractivity contribution is -0.113. The average molecular weight is 426 g/mol. The summed E-state index contributed by atoms with van der Waals surface area (Å²) in [7, 11) is 0. The van der Waals surface area contributed by atoms with Crippen molar-refractivity contribution in [1.82, 2.24) is 9.55 Å². The van der Waals surface area contributed by atoms with Crippen molar-refractivity contribution in [3.8, 4) is 0 Å². The second-order valence-corrected chi connectivity index (χ2v) is 8.11. The summed E-state index contributed by atoms with van der Waals surface area (Å²) in [5.41, 5.74) is 1.92. The van der Waals surface area contributed by atoms with Gasteiger partial charge in [-0.25, -0.2) is 4.98 Å². The molecule has 148 valence electrons. The van der Waals surface area contributed by atoms with E-state index in [-0.39, 0.29) is 22.8 Å². The summed E-state index contributed by atoms with van der Waals surface area (Å²) < 4.78 is 7.26. The predicted octanol–water partition coefficient (Wildman–Crippen LogP) is 4.62. The third-order valence-corrected chi connectivity index (χ3v) is 6.15. The third-order valence-electron chi connectivity index (χ3n) is 4.45. The van der Waals surface area contributed by atoms with Gasteiger partial charge in [0.2, 0.25) is 11.5 Å². The molecule has 4 rings (SSSR count). The number of nitrogens with one attached hydrogen (secondary N) is 1. The number of benzene rings is 2. The molecule has 0 aliphatic carbocycles. The van der Waals surface area contributed by atoms with E-state index < -0.39 is 0 Å². The first kappa shape index (κ1) is 19.6. The molecule has 1 N–H and O–H groups in total. The molecule has 0 spiro atoms. The smallest absolute Gasteiger partial charge is 0.297 e. The van der Waals surface area contributed by atoms with Gasteiger partial charge in [0.25, 0.3) is 5.56 Å². The molecular weight excluding hydrogens is 406 g/mol. The van der Waals surface area contributed by atoms with Gasteiger partial charge in [-0.1, -0.05) is 30.0 Å². The van der Waals surface area contributed by atoms with Gasteiger partial charge in [-0.05, 0) is 43.5 Å². The van der Waals surface area contributed by atoms with Gasteiger partial charge >= 0.3 is 0 Å². The Balaban J connectivity index is 1.60. The van der Waals surface area contributed by atoms with Gasteiger partial charge in [0.05, 0.1) is 5.75 Å². The Bertz CT molecular complexity index is 1260. The predicted molar refractivity (Wildman–Crippen MR) is 119 cm³/mol. The summed E-state index contributed by atoms with van der Waals surface area (Å²) >= 11 is 2.86. The van der Waals surface area contributed by atoms with E-state index in [1.165, 1.54) is 16.3 Å². The molecule has 6 nitrogen and oxygen atoms in total. The Morgan fingerprint density at radius 2 is 2.03 bits per heavy atom. The maximum atomic E-state index is 12.9. The van der Waals surface area contributed by atoms with E-state index >= 15 is 0 Å². The molecular formula is C21H19N3O3S2. The van der Waals surface area contributed by atoms with Crippen LogP contribution in [0.25, 0.3) is 22.1 Å². The fourth-order valence-electron chi connectivity index (χ4n) is 3.07. The van der Waals surface area contributed by atoms with Crippen LogP contribution in [0.4, 0.5) is 5.69 Å². The number of fused-ring (bicyclic) bond motifs is 3. The van der Waals surface area contributed by atoms with Crippen molar-refractivity contribution in [2.24, 2.45) is 0 Å². The van der Waals surface area contributed by atoms with Gasteiger partial charge in [0.15, 0.2) is 5.16 Å². The topological polar surface area (TPSA) is 77.1 Å². The first-order valence-corrected chi connectivity index (χ1v) is 11.3. The highest BCUT2D eigenvalue weighted by Gasteiger charge is 2.17. The number of rotatable bonds is 6. The van der Waals surface area contributed by atoms with Crippen LogP contribution in [0.15, 0.2) is 67.8 Å². The molecule has 2 aromatic carbocycles. The molecule has 2 heterocycles. The minimum absolute atomic E-state index is 0.150. The standard InChI is InChI=1S/C21H19N3O3S2/c1-3-24-20(26)19-18(15-9-4-5-10-16(15)27-19)23-21(24)29-12-17(25)22-13-7-6-8-14(11-13)28-2/h4-11H,3,12H2,1-2H3,(H,22,25). The van der Waals surface area contributed by atoms with E-state index in [1.807, 2.05) is 61.7 Å². The number of nitrogens with zero attached hydrogens (tertiary/aromatic N) is 2. The van der Waals surface area contributed by atoms with Crippen molar-refractivity contribution in [1.29, 1.82) is 0 Å². The number of hydrogen-bond acceptors (Lipinski definition) is 6. The minimum Gasteiger partial charge on any atom is -0.448 e. The Hall–Kier alpha value is -2.71. The second-order valence-electron chi connectivity index (χ2n) is 6.29. The van der Waals surface area contributed by atoms with E-state index in [4.69, 9.17) is 4.42 Å². The van der Waals surface area contributed by atoms with Crippen molar-refractivity contribution in [2.75, 3.05) is 17.3 Å². The van der Waals surface area contributed by atoms with Crippen LogP contribution >= 0.6 is 23.5 Å². The zero-order chi connectivity index (χ0) is 20.4. The number of amides is 1. The number of carbonyl (C=O) groups excluding carboxylic acids is 1. The van der Waals surface area contributed by atoms with Crippen molar-refractivity contribution in [2.45, 2.75) is 23.5 Å². The molecule has 0 aliphatic heterocycles. The minimum atomic E-state index is -0.232. The molecule has 0 atom stereocenters. The third kappa shape index (κ3) is 3.90. The van der Waals surface area contributed by atoms with Crippen molar-refractivity contribution in [3.05, 3.63) is 58.9 Å². The molecule has 1 amide bonds. The Labute approximate surface area is 175 Å². The monoisotopic (exact) mass is 425 g/mol. The summed E-state index contributed by atoms with van der Waals surface area (Å²) in [6.07, 6.45) is 1.99. The number of aromatic nitrogens is 2. The molecule has 0 saturated carbocycles. The quantitative estimate of drug-likeness (QED) is 0.359. The molecule has 29 heavy (non-hydrogen) atoms. The van der Waals surface area contributed by atoms with Crippen molar-refractivity contribution >= 4 is 57.2 Å². The van der Waals surface area contributed by atoms with E-state index in [9.17, 15) is 9.59 Å². The van der Waals surface area contributed by atoms with E-state index in [0.717, 1.165) is 16.0 Å². The molecule has 0 bridgehead atoms. The van der Waals surface area contributed by atoms with Crippen molar-refractivity contribution in [3.63, 3.8) is 0 Å². The molecule has 0 aliphatic rings. The lowest BCUT2D eigenvalue weighted by atomic mass is 10.2. The van der Waals surface area contributed by atoms with Gasteiger partial charge in [0.1, 0.15) is 11.1 Å². The first-order valence-electron chi connectivity index (χ1n) is 9.09. The summed E-state index contributed by atoms with van der Waals surface area (Å²) in [6, 6.07) is 15.1. The van der Waals surface area contributed by atoms with Crippen LogP contribution in [0, 0.1) is 0 Å². The Morgan fingerprint density at radius 3 is 2.83 bits per heavy atom. The van der Waals surface area contributed by atoms with E-state index in [1.54, 1.807) is 11.8 Å². The highest BCUT2D eigenvalue weighted by atomic mass is 32.2. The van der Waals surface area contributed by atoms with Gasteiger partial charge in [-0.2, -0.15) is 0 Å². The SMILES string of the molecule is CCn1c(SCC(=O)Nc2cccc(SC)c2)nc2c(oc3ccccc32)c1=O. The lowest BCUT2D eigenvalue weighted by Gasteiger charge is -2.10. The fourth-order valence-corrected chi connectivity index (χ4v) is 4.39. The normalized spacial score (nSPS) is 11.2. The van der Waals surface area contributed by atoms with Crippen LogP contribution in [0.1, 0.15) is 6.92 Å². The number of para-hydroxylation sites is 1. The van der Waals surface area contributed by atoms with Crippen LogP contribution in [-0.4, -0.2) is 27.5 Å². The summed E-state index contributed by atoms with van der Waals surface area (Å²) in [5, 5.41) is 4.19. The number of hydrogen-bond donors (Lipinski definition) is 1. The summed E-state index contributed by atoms with van der Waals surface area (Å²) in [5.74, 6) is -0.000619. The Kier molecular flexibility index (Phi) is 5.64. The van der Waals surface area contributed by atoms with Gasteiger partial charge in [-0.15, -0.1) is 11.8 Å². The first-order chi connectivity index (χ1) is 14.1. The van der Waals surface area contributed by atoms with Gasteiger partial charge in [0, 0.05) is 22.5 Å². The molecule has 4 aromatic rings. The van der Waals surface area contributed by atoms with Crippen LogP contribution in [-0.2, 0) is 11.3 Å². The second kappa shape index (κ2) is 8.34. The fraction of sp³-hybridized carbons (Fsp3) is 0.190. The van der Waals surface area contributed by atoms with Crippen LogP contribution < -0.4 is 10.9 Å². The highest BCUT2D eigenvalue weighted by Crippen LogP contribution is 2.27.